The van der Waals surface area contributed by atoms with Crippen LogP contribution in [0, 0.1) is 12.7 Å². The lowest BCUT2D eigenvalue weighted by atomic mass is 10.2. The van der Waals surface area contributed by atoms with Gasteiger partial charge in [-0.3, -0.25) is 0 Å². The summed E-state index contributed by atoms with van der Waals surface area (Å²) in [6.45, 7) is -0.591. The second-order valence-corrected chi connectivity index (χ2v) is 6.75. The van der Waals surface area contributed by atoms with E-state index in [-0.39, 0.29) is 22.3 Å². The minimum absolute atomic E-state index is 0.0581. The van der Waals surface area contributed by atoms with E-state index in [1.54, 1.807) is 0 Å². The molecule has 0 heterocycles. The molecular formula is C11H12BrF4NO2S. The molecule has 0 aliphatic rings. The predicted molar refractivity (Wildman–Crippen MR) is 69.7 cm³/mol. The third kappa shape index (κ3) is 4.42. The molecule has 3 nitrogen and oxygen atoms in total. The molecule has 0 spiro atoms. The third-order valence-corrected chi connectivity index (χ3v) is 4.80. The average molecular weight is 378 g/mol. The van der Waals surface area contributed by atoms with Crippen LogP contribution in [0.3, 0.4) is 0 Å². The molecule has 1 aromatic rings. The molecule has 9 heteroatoms. The normalized spacial score (nSPS) is 12.9. The second-order valence-electron chi connectivity index (χ2n) is 4.05. The van der Waals surface area contributed by atoms with Crippen LogP contribution in [0.25, 0.3) is 0 Å². The van der Waals surface area contributed by atoms with Crippen molar-refractivity contribution in [2.75, 3.05) is 18.4 Å². The number of sulfonamides is 1. The smallest absolute Gasteiger partial charge is 0.207 e. The van der Waals surface area contributed by atoms with Crippen LogP contribution >= 0.6 is 15.9 Å². The van der Waals surface area contributed by atoms with Gasteiger partial charge < -0.3 is 0 Å². The minimum atomic E-state index is -4.65. The van der Waals surface area contributed by atoms with Crippen LogP contribution in [0.15, 0.2) is 23.1 Å². The Bertz CT molecular complexity index is 574. The van der Waals surface area contributed by atoms with Crippen molar-refractivity contribution in [3.05, 3.63) is 29.6 Å². The van der Waals surface area contributed by atoms with Crippen LogP contribution in [-0.4, -0.2) is 37.3 Å². The summed E-state index contributed by atoms with van der Waals surface area (Å²) < 4.78 is 75.1. The maximum atomic E-state index is 13.0. The standard InChI is InChI=1S/C11H12BrF4NO2S/c1-8-6-9(13)2-3-10(8)20(18,19)17(5-4-12)7-11(14,15)16/h2-3,6H,4-5,7H2,1H3. The molecule has 1 aromatic carbocycles. The zero-order valence-electron chi connectivity index (χ0n) is 10.4. The minimum Gasteiger partial charge on any atom is -0.207 e. The van der Waals surface area contributed by atoms with Crippen LogP contribution in [0.1, 0.15) is 5.56 Å². The van der Waals surface area contributed by atoms with E-state index in [4.69, 9.17) is 0 Å². The quantitative estimate of drug-likeness (QED) is 0.584. The highest BCUT2D eigenvalue weighted by Gasteiger charge is 2.37. The lowest BCUT2D eigenvalue weighted by Crippen LogP contribution is -2.40. The Balaban J connectivity index is 3.22. The molecule has 0 radical (unpaired) electrons. The lowest BCUT2D eigenvalue weighted by Gasteiger charge is -2.23. The molecule has 0 atom stereocenters. The third-order valence-electron chi connectivity index (χ3n) is 2.44. The summed E-state index contributed by atoms with van der Waals surface area (Å²) in [5.74, 6) is -0.649. The fourth-order valence-electron chi connectivity index (χ4n) is 1.62. The van der Waals surface area contributed by atoms with Crippen molar-refractivity contribution in [2.45, 2.75) is 18.0 Å². The summed E-state index contributed by atoms with van der Waals surface area (Å²) in [6.07, 6.45) is -4.65. The number of hydrogen-bond acceptors (Lipinski definition) is 2. The Kier molecular flexibility index (Phi) is 5.56. The largest absolute Gasteiger partial charge is 0.402 e. The Morgan fingerprint density at radius 3 is 2.35 bits per heavy atom. The van der Waals surface area contributed by atoms with Crippen LogP contribution in [0.4, 0.5) is 17.6 Å². The number of halogens is 5. The van der Waals surface area contributed by atoms with Crippen LogP contribution < -0.4 is 0 Å². The van der Waals surface area contributed by atoms with Crippen molar-refractivity contribution >= 4 is 26.0 Å². The molecule has 20 heavy (non-hydrogen) atoms. The molecule has 0 amide bonds. The van der Waals surface area contributed by atoms with Crippen molar-refractivity contribution in [2.24, 2.45) is 0 Å². The molecule has 0 N–H and O–H groups in total. The summed E-state index contributed by atoms with van der Waals surface area (Å²) >= 11 is 2.92. The first-order valence-corrected chi connectivity index (χ1v) is 8.03. The van der Waals surface area contributed by atoms with E-state index in [1.807, 2.05) is 0 Å². The fourth-order valence-corrected chi connectivity index (χ4v) is 3.91. The van der Waals surface area contributed by atoms with Gasteiger partial charge in [0.05, 0.1) is 4.90 Å². The van der Waals surface area contributed by atoms with Crippen LogP contribution in [0.5, 0.6) is 0 Å². The Labute approximate surface area is 122 Å². The first kappa shape index (κ1) is 17.4. The molecule has 0 aromatic heterocycles. The van der Waals surface area contributed by atoms with Gasteiger partial charge in [-0.25, -0.2) is 12.8 Å². The van der Waals surface area contributed by atoms with E-state index in [1.165, 1.54) is 6.92 Å². The molecule has 0 bridgehead atoms. The van der Waals surface area contributed by atoms with Crippen LogP contribution in [-0.2, 0) is 10.0 Å². The van der Waals surface area contributed by atoms with E-state index in [2.05, 4.69) is 15.9 Å². The zero-order chi connectivity index (χ0) is 15.6. The number of nitrogens with zero attached hydrogens (tertiary/aromatic N) is 1. The van der Waals surface area contributed by atoms with Crippen LogP contribution in [0.2, 0.25) is 0 Å². The topological polar surface area (TPSA) is 37.4 Å². The average Bonchev–Trinajstić information content (AvgIpc) is 2.26. The van der Waals surface area contributed by atoms with E-state index >= 15 is 0 Å². The van der Waals surface area contributed by atoms with Crippen molar-refractivity contribution < 1.29 is 26.0 Å². The van der Waals surface area contributed by atoms with Gasteiger partial charge in [-0.1, -0.05) is 15.9 Å². The van der Waals surface area contributed by atoms with Crippen molar-refractivity contribution in [3.8, 4) is 0 Å². The van der Waals surface area contributed by atoms with E-state index in [9.17, 15) is 26.0 Å². The number of benzene rings is 1. The second kappa shape index (κ2) is 6.40. The highest BCUT2D eigenvalue weighted by atomic mass is 79.9. The summed E-state index contributed by atoms with van der Waals surface area (Å²) in [5, 5.41) is 0.0581. The highest BCUT2D eigenvalue weighted by Crippen LogP contribution is 2.25. The van der Waals surface area contributed by atoms with Gasteiger partial charge in [-0.15, -0.1) is 0 Å². The SMILES string of the molecule is Cc1cc(F)ccc1S(=O)(=O)N(CCBr)CC(F)(F)F. The summed E-state index contributed by atoms with van der Waals surface area (Å²) in [6, 6.07) is 2.84. The Hall–Kier alpha value is -0.670. The van der Waals surface area contributed by atoms with Gasteiger partial charge >= 0.3 is 6.18 Å². The number of alkyl halides is 4. The molecule has 1 rings (SSSR count). The predicted octanol–water partition coefficient (Wildman–Crippen LogP) is 3.08. The molecular weight excluding hydrogens is 366 g/mol. The first-order chi connectivity index (χ1) is 9.08. The fraction of sp³-hybridized carbons (Fsp3) is 0.455. The first-order valence-electron chi connectivity index (χ1n) is 5.47. The highest BCUT2D eigenvalue weighted by molar-refractivity contribution is 9.09. The summed E-state index contributed by atoms with van der Waals surface area (Å²) in [7, 11) is -4.33. The van der Waals surface area contributed by atoms with Gasteiger partial charge in [0, 0.05) is 11.9 Å². The molecule has 0 unspecified atom stereocenters. The Morgan fingerprint density at radius 1 is 1.30 bits per heavy atom. The number of hydrogen-bond donors (Lipinski definition) is 0. The van der Waals surface area contributed by atoms with E-state index in [0.717, 1.165) is 18.2 Å². The molecule has 0 saturated carbocycles. The van der Waals surface area contributed by atoms with Crippen molar-refractivity contribution in [1.29, 1.82) is 0 Å². The number of aryl methyl sites for hydroxylation is 1. The molecule has 0 aliphatic heterocycles. The maximum absolute atomic E-state index is 13.0. The number of rotatable bonds is 5. The van der Waals surface area contributed by atoms with Gasteiger partial charge in [0.25, 0.3) is 0 Å². The van der Waals surface area contributed by atoms with Gasteiger partial charge in [-0.2, -0.15) is 17.5 Å². The molecule has 0 fully saturated rings. The van der Waals surface area contributed by atoms with Crippen molar-refractivity contribution in [1.82, 2.24) is 4.31 Å². The van der Waals surface area contributed by atoms with Crippen molar-refractivity contribution in [3.63, 3.8) is 0 Å². The molecule has 0 aliphatic carbocycles. The summed E-state index contributed by atoms with van der Waals surface area (Å²) in [4.78, 5) is -0.330. The monoisotopic (exact) mass is 377 g/mol. The van der Waals surface area contributed by atoms with Gasteiger partial charge in [0.2, 0.25) is 10.0 Å². The summed E-state index contributed by atoms with van der Waals surface area (Å²) in [5.41, 5.74) is 0.0618. The molecule has 0 saturated heterocycles. The van der Waals surface area contributed by atoms with Gasteiger partial charge in [0.1, 0.15) is 12.4 Å². The van der Waals surface area contributed by atoms with E-state index in [0.29, 0.717) is 4.31 Å². The van der Waals surface area contributed by atoms with Gasteiger partial charge in [0.15, 0.2) is 0 Å². The zero-order valence-corrected chi connectivity index (χ0v) is 12.8. The van der Waals surface area contributed by atoms with E-state index < -0.39 is 28.6 Å². The Morgan fingerprint density at radius 2 is 1.90 bits per heavy atom. The maximum Gasteiger partial charge on any atom is 0.402 e. The molecule has 114 valence electrons. The van der Waals surface area contributed by atoms with Gasteiger partial charge in [-0.05, 0) is 30.7 Å². The lowest BCUT2D eigenvalue weighted by molar-refractivity contribution is -0.135.